The van der Waals surface area contributed by atoms with Gasteiger partial charge in [0, 0.05) is 0 Å². The third-order valence-electron chi connectivity index (χ3n) is 3.23. The molecule has 0 aliphatic heterocycles. The first kappa shape index (κ1) is 9.05. The van der Waals surface area contributed by atoms with E-state index in [0.717, 1.165) is 5.92 Å². The van der Waals surface area contributed by atoms with Crippen LogP contribution in [0.1, 0.15) is 39.5 Å². The molecular formula is C10H21N. The molecule has 0 saturated heterocycles. The Morgan fingerprint density at radius 3 is 2.36 bits per heavy atom. The standard InChI is InChI=1S/C10H21N/c1-10(2,7-8-11-3)9-5-4-6-9/h9,11H,4-8H2,1-3H3. The first-order valence-electron chi connectivity index (χ1n) is 4.81. The van der Waals surface area contributed by atoms with E-state index in [2.05, 4.69) is 19.2 Å². The summed E-state index contributed by atoms with van der Waals surface area (Å²) in [4.78, 5) is 0. The average Bonchev–Trinajstić information content (AvgIpc) is 1.78. The summed E-state index contributed by atoms with van der Waals surface area (Å²) in [7, 11) is 2.04. The highest BCUT2D eigenvalue weighted by Crippen LogP contribution is 2.43. The van der Waals surface area contributed by atoms with Crippen molar-refractivity contribution in [1.82, 2.24) is 5.32 Å². The van der Waals surface area contributed by atoms with Crippen LogP contribution in [0.25, 0.3) is 0 Å². The van der Waals surface area contributed by atoms with Crippen molar-refractivity contribution in [3.8, 4) is 0 Å². The van der Waals surface area contributed by atoms with Gasteiger partial charge in [0.05, 0.1) is 0 Å². The largest absolute Gasteiger partial charge is 0.320 e. The topological polar surface area (TPSA) is 12.0 Å². The molecule has 0 spiro atoms. The zero-order chi connectivity index (χ0) is 8.32. The summed E-state index contributed by atoms with van der Waals surface area (Å²) >= 11 is 0. The molecule has 0 aromatic carbocycles. The maximum absolute atomic E-state index is 3.23. The molecule has 1 N–H and O–H groups in total. The van der Waals surface area contributed by atoms with Gasteiger partial charge in [0.1, 0.15) is 0 Å². The summed E-state index contributed by atoms with van der Waals surface area (Å²) in [6.07, 6.45) is 5.73. The number of nitrogens with one attached hydrogen (secondary N) is 1. The lowest BCUT2D eigenvalue weighted by molar-refractivity contribution is 0.111. The van der Waals surface area contributed by atoms with Gasteiger partial charge in [0.15, 0.2) is 0 Å². The molecule has 0 aromatic heterocycles. The van der Waals surface area contributed by atoms with E-state index in [9.17, 15) is 0 Å². The van der Waals surface area contributed by atoms with Crippen LogP contribution in [0.2, 0.25) is 0 Å². The molecule has 0 aromatic rings. The fourth-order valence-corrected chi connectivity index (χ4v) is 1.84. The first-order chi connectivity index (χ1) is 5.17. The van der Waals surface area contributed by atoms with Crippen molar-refractivity contribution in [2.45, 2.75) is 39.5 Å². The van der Waals surface area contributed by atoms with Crippen molar-refractivity contribution < 1.29 is 0 Å². The van der Waals surface area contributed by atoms with Crippen LogP contribution in [-0.2, 0) is 0 Å². The van der Waals surface area contributed by atoms with Crippen molar-refractivity contribution in [1.29, 1.82) is 0 Å². The minimum atomic E-state index is 0.585. The quantitative estimate of drug-likeness (QED) is 0.657. The van der Waals surface area contributed by atoms with Gasteiger partial charge < -0.3 is 5.32 Å². The molecule has 1 rings (SSSR count). The van der Waals surface area contributed by atoms with E-state index in [1.54, 1.807) is 0 Å². The van der Waals surface area contributed by atoms with Crippen molar-refractivity contribution in [3.63, 3.8) is 0 Å². The molecule has 1 nitrogen and oxygen atoms in total. The van der Waals surface area contributed by atoms with Crippen LogP contribution in [-0.4, -0.2) is 13.6 Å². The van der Waals surface area contributed by atoms with Gasteiger partial charge >= 0.3 is 0 Å². The van der Waals surface area contributed by atoms with Gasteiger partial charge in [-0.2, -0.15) is 0 Å². The zero-order valence-electron chi connectivity index (χ0n) is 8.11. The third kappa shape index (κ3) is 2.19. The Labute approximate surface area is 70.6 Å². The van der Waals surface area contributed by atoms with Crippen molar-refractivity contribution in [2.24, 2.45) is 11.3 Å². The summed E-state index contributed by atoms with van der Waals surface area (Å²) in [5.74, 6) is 1.01. The summed E-state index contributed by atoms with van der Waals surface area (Å²) in [6.45, 7) is 5.99. The molecule has 11 heavy (non-hydrogen) atoms. The Balaban J connectivity index is 2.25. The highest BCUT2D eigenvalue weighted by Gasteiger charge is 2.32. The highest BCUT2D eigenvalue weighted by molar-refractivity contribution is 4.84. The summed E-state index contributed by atoms with van der Waals surface area (Å²) in [5, 5.41) is 3.23. The Hall–Kier alpha value is -0.0400. The molecule has 1 saturated carbocycles. The Morgan fingerprint density at radius 2 is 2.00 bits per heavy atom. The Kier molecular flexibility index (Phi) is 2.94. The second-order valence-electron chi connectivity index (χ2n) is 4.47. The van der Waals surface area contributed by atoms with Crippen molar-refractivity contribution >= 4 is 0 Å². The molecular weight excluding hydrogens is 134 g/mol. The van der Waals surface area contributed by atoms with E-state index in [0.29, 0.717) is 5.41 Å². The van der Waals surface area contributed by atoms with Gasteiger partial charge in [-0.05, 0) is 44.2 Å². The van der Waals surface area contributed by atoms with Crippen LogP contribution < -0.4 is 5.32 Å². The molecule has 0 unspecified atom stereocenters. The summed E-state index contributed by atoms with van der Waals surface area (Å²) < 4.78 is 0. The second-order valence-corrected chi connectivity index (χ2v) is 4.47. The van der Waals surface area contributed by atoms with E-state index in [-0.39, 0.29) is 0 Å². The van der Waals surface area contributed by atoms with Crippen LogP contribution in [0.5, 0.6) is 0 Å². The van der Waals surface area contributed by atoms with Crippen molar-refractivity contribution in [3.05, 3.63) is 0 Å². The van der Waals surface area contributed by atoms with Crippen LogP contribution in [0.15, 0.2) is 0 Å². The van der Waals surface area contributed by atoms with Crippen LogP contribution in [0.3, 0.4) is 0 Å². The molecule has 0 heterocycles. The van der Waals surface area contributed by atoms with Crippen LogP contribution >= 0.6 is 0 Å². The maximum Gasteiger partial charge on any atom is -0.00467 e. The number of rotatable bonds is 4. The van der Waals surface area contributed by atoms with Gasteiger partial charge in [-0.15, -0.1) is 0 Å². The van der Waals surface area contributed by atoms with Gasteiger partial charge in [-0.25, -0.2) is 0 Å². The van der Waals surface area contributed by atoms with E-state index in [4.69, 9.17) is 0 Å². The predicted molar refractivity (Wildman–Crippen MR) is 49.7 cm³/mol. The van der Waals surface area contributed by atoms with Gasteiger partial charge in [0.2, 0.25) is 0 Å². The van der Waals surface area contributed by atoms with Crippen LogP contribution in [0.4, 0.5) is 0 Å². The fraction of sp³-hybridized carbons (Fsp3) is 1.00. The van der Waals surface area contributed by atoms with Gasteiger partial charge in [-0.1, -0.05) is 20.3 Å². The molecule has 0 bridgehead atoms. The van der Waals surface area contributed by atoms with E-state index in [1.807, 2.05) is 7.05 Å². The van der Waals surface area contributed by atoms with Crippen LogP contribution in [0, 0.1) is 11.3 Å². The third-order valence-corrected chi connectivity index (χ3v) is 3.23. The average molecular weight is 155 g/mol. The number of hydrogen-bond acceptors (Lipinski definition) is 1. The monoisotopic (exact) mass is 155 g/mol. The number of hydrogen-bond donors (Lipinski definition) is 1. The second kappa shape index (κ2) is 3.57. The normalized spacial score (nSPS) is 19.9. The lowest BCUT2D eigenvalue weighted by Crippen LogP contribution is -2.32. The zero-order valence-corrected chi connectivity index (χ0v) is 8.11. The maximum atomic E-state index is 3.23. The Bertz CT molecular complexity index is 114. The first-order valence-corrected chi connectivity index (χ1v) is 4.81. The minimum Gasteiger partial charge on any atom is -0.320 e. The molecule has 0 atom stereocenters. The molecule has 0 radical (unpaired) electrons. The Morgan fingerprint density at radius 1 is 1.36 bits per heavy atom. The molecule has 1 aliphatic carbocycles. The summed E-state index contributed by atoms with van der Waals surface area (Å²) in [6, 6.07) is 0. The lowest BCUT2D eigenvalue weighted by atomic mass is 9.66. The molecule has 1 heteroatoms. The van der Waals surface area contributed by atoms with Crippen molar-refractivity contribution in [2.75, 3.05) is 13.6 Å². The molecule has 1 aliphatic rings. The molecule has 0 amide bonds. The summed E-state index contributed by atoms with van der Waals surface area (Å²) in [5.41, 5.74) is 0.585. The van der Waals surface area contributed by atoms with Gasteiger partial charge in [0.25, 0.3) is 0 Å². The minimum absolute atomic E-state index is 0.585. The highest BCUT2D eigenvalue weighted by atomic mass is 14.8. The van der Waals surface area contributed by atoms with E-state index >= 15 is 0 Å². The lowest BCUT2D eigenvalue weighted by Gasteiger charge is -2.40. The van der Waals surface area contributed by atoms with E-state index in [1.165, 1.54) is 32.2 Å². The van der Waals surface area contributed by atoms with E-state index < -0.39 is 0 Å². The SMILES string of the molecule is CNCCC(C)(C)C1CCC1. The molecule has 1 fully saturated rings. The smallest absolute Gasteiger partial charge is 0.00467 e. The van der Waals surface area contributed by atoms with Gasteiger partial charge in [-0.3, -0.25) is 0 Å². The fourth-order valence-electron chi connectivity index (χ4n) is 1.84. The predicted octanol–water partition coefficient (Wildman–Crippen LogP) is 2.42. The molecule has 66 valence electrons.